The van der Waals surface area contributed by atoms with Gasteiger partial charge in [0.1, 0.15) is 0 Å². The van der Waals surface area contributed by atoms with Gasteiger partial charge in [0.2, 0.25) is 0 Å². The second-order valence-electron chi connectivity index (χ2n) is 5.76. The predicted molar refractivity (Wildman–Crippen MR) is 94.9 cm³/mol. The van der Waals surface area contributed by atoms with Gasteiger partial charge in [-0.1, -0.05) is 58.7 Å². The maximum Gasteiger partial charge on any atom is 0.0588 e. The van der Waals surface area contributed by atoms with Crippen molar-refractivity contribution in [3.8, 4) is 0 Å². The summed E-state index contributed by atoms with van der Waals surface area (Å²) in [7, 11) is 0. The third-order valence-corrected chi connectivity index (χ3v) is 4.65. The highest BCUT2D eigenvalue weighted by Crippen LogP contribution is 2.30. The van der Waals surface area contributed by atoms with E-state index in [-0.39, 0.29) is 6.04 Å². The first kappa shape index (κ1) is 16.3. The van der Waals surface area contributed by atoms with Gasteiger partial charge in [0, 0.05) is 4.47 Å². The smallest absolute Gasteiger partial charge is 0.0588 e. The second-order valence-corrected chi connectivity index (χ2v) is 6.61. The van der Waals surface area contributed by atoms with E-state index in [1.165, 1.54) is 32.3 Å². The number of benzene rings is 2. The van der Waals surface area contributed by atoms with Gasteiger partial charge >= 0.3 is 0 Å². The number of aryl methyl sites for hydroxylation is 3. The van der Waals surface area contributed by atoms with Crippen molar-refractivity contribution in [3.63, 3.8) is 0 Å². The molecule has 0 fully saturated rings. The van der Waals surface area contributed by atoms with E-state index in [0.717, 1.165) is 13.0 Å². The van der Waals surface area contributed by atoms with Crippen molar-refractivity contribution < 1.29 is 0 Å². The topological polar surface area (TPSA) is 12.0 Å². The number of rotatable bonds is 5. The van der Waals surface area contributed by atoms with Gasteiger partial charge in [-0.3, -0.25) is 0 Å². The van der Waals surface area contributed by atoms with Crippen molar-refractivity contribution in [2.24, 2.45) is 0 Å². The molecule has 0 aliphatic carbocycles. The molecule has 0 radical (unpaired) electrons. The molecule has 1 nitrogen and oxygen atoms in total. The van der Waals surface area contributed by atoms with E-state index < -0.39 is 0 Å². The summed E-state index contributed by atoms with van der Waals surface area (Å²) < 4.78 is 1.17. The molecule has 1 atom stereocenters. The fourth-order valence-electron chi connectivity index (χ4n) is 2.52. The van der Waals surface area contributed by atoms with E-state index in [1.807, 2.05) is 0 Å². The summed E-state index contributed by atoms with van der Waals surface area (Å²) in [4.78, 5) is 0. The first-order valence-electron chi connectivity index (χ1n) is 7.59. The third-order valence-electron chi connectivity index (χ3n) is 3.93. The van der Waals surface area contributed by atoms with Crippen molar-refractivity contribution in [2.45, 2.75) is 40.2 Å². The minimum Gasteiger partial charge on any atom is -0.306 e. The van der Waals surface area contributed by atoms with E-state index in [0.29, 0.717) is 0 Å². The molecule has 112 valence electrons. The zero-order chi connectivity index (χ0) is 15.4. The van der Waals surface area contributed by atoms with Crippen LogP contribution in [0.1, 0.15) is 47.2 Å². The Morgan fingerprint density at radius 1 is 1.00 bits per heavy atom. The van der Waals surface area contributed by atoms with Crippen LogP contribution >= 0.6 is 15.9 Å². The number of hydrogen-bond acceptors (Lipinski definition) is 1. The van der Waals surface area contributed by atoms with Crippen LogP contribution in [-0.4, -0.2) is 6.54 Å². The first-order chi connectivity index (χ1) is 10.0. The fraction of sp³-hybridized carbons (Fsp3) is 0.368. The van der Waals surface area contributed by atoms with Crippen LogP contribution in [0.2, 0.25) is 0 Å². The molecule has 0 aromatic heterocycles. The van der Waals surface area contributed by atoms with Gasteiger partial charge in [-0.05, 0) is 62.1 Å². The summed E-state index contributed by atoms with van der Waals surface area (Å²) in [6.07, 6.45) is 1.13. The van der Waals surface area contributed by atoms with Crippen molar-refractivity contribution in [2.75, 3.05) is 6.54 Å². The Labute approximate surface area is 136 Å². The molecule has 0 amide bonds. The van der Waals surface area contributed by atoms with Crippen molar-refractivity contribution in [3.05, 3.63) is 68.7 Å². The van der Waals surface area contributed by atoms with Crippen LogP contribution in [0.5, 0.6) is 0 Å². The monoisotopic (exact) mass is 345 g/mol. The Balaban J connectivity index is 2.46. The molecule has 2 aromatic carbocycles. The molecule has 2 rings (SSSR count). The summed E-state index contributed by atoms with van der Waals surface area (Å²) in [6.45, 7) is 9.71. The van der Waals surface area contributed by atoms with Crippen molar-refractivity contribution >= 4 is 15.9 Å². The normalized spacial score (nSPS) is 12.4. The van der Waals surface area contributed by atoms with Gasteiger partial charge in [0.15, 0.2) is 0 Å². The number of hydrogen-bond donors (Lipinski definition) is 1. The van der Waals surface area contributed by atoms with Crippen LogP contribution in [0, 0.1) is 20.8 Å². The Morgan fingerprint density at radius 2 is 1.76 bits per heavy atom. The molecule has 0 saturated heterocycles. The minimum absolute atomic E-state index is 0.235. The summed E-state index contributed by atoms with van der Waals surface area (Å²) in [5.74, 6) is 0. The van der Waals surface area contributed by atoms with Gasteiger partial charge in [-0.2, -0.15) is 0 Å². The van der Waals surface area contributed by atoms with E-state index in [9.17, 15) is 0 Å². The molecule has 0 heterocycles. The maximum absolute atomic E-state index is 3.71. The Morgan fingerprint density at radius 3 is 2.43 bits per heavy atom. The van der Waals surface area contributed by atoms with Crippen LogP contribution in [0.25, 0.3) is 0 Å². The van der Waals surface area contributed by atoms with Crippen LogP contribution < -0.4 is 5.32 Å². The first-order valence-corrected chi connectivity index (χ1v) is 8.38. The highest BCUT2D eigenvalue weighted by molar-refractivity contribution is 9.10. The van der Waals surface area contributed by atoms with Gasteiger partial charge < -0.3 is 5.32 Å². The molecule has 0 aliphatic rings. The molecule has 21 heavy (non-hydrogen) atoms. The highest BCUT2D eigenvalue weighted by Gasteiger charge is 2.16. The van der Waals surface area contributed by atoms with Gasteiger partial charge in [-0.15, -0.1) is 0 Å². The Kier molecular flexibility index (Phi) is 5.60. The summed E-state index contributed by atoms with van der Waals surface area (Å²) in [6, 6.07) is 13.6. The standard InChI is InChI=1S/C19H24BrN/c1-5-10-21-19(16-8-7-14(3)15(4)12-16)17-11-13(2)6-9-18(17)20/h6-9,11-12,19,21H,5,10H2,1-4H3. The Hall–Kier alpha value is -1.12. The molecule has 2 aromatic rings. The van der Waals surface area contributed by atoms with E-state index >= 15 is 0 Å². The van der Waals surface area contributed by atoms with Crippen LogP contribution in [-0.2, 0) is 0 Å². The number of halogens is 1. The lowest BCUT2D eigenvalue weighted by Gasteiger charge is -2.22. The molecule has 0 spiro atoms. The summed E-state index contributed by atoms with van der Waals surface area (Å²) in [5.41, 5.74) is 6.63. The molecule has 2 heteroatoms. The lowest BCUT2D eigenvalue weighted by atomic mass is 9.94. The van der Waals surface area contributed by atoms with Crippen LogP contribution in [0.3, 0.4) is 0 Å². The van der Waals surface area contributed by atoms with E-state index in [1.54, 1.807) is 0 Å². The lowest BCUT2D eigenvalue weighted by molar-refractivity contribution is 0.596. The largest absolute Gasteiger partial charge is 0.306 e. The molecule has 0 aliphatic heterocycles. The van der Waals surface area contributed by atoms with E-state index in [4.69, 9.17) is 0 Å². The number of nitrogens with one attached hydrogen (secondary N) is 1. The highest BCUT2D eigenvalue weighted by atomic mass is 79.9. The quantitative estimate of drug-likeness (QED) is 0.758. The third kappa shape index (κ3) is 3.96. The minimum atomic E-state index is 0.235. The molecule has 0 saturated carbocycles. The van der Waals surface area contributed by atoms with E-state index in [2.05, 4.69) is 85.3 Å². The van der Waals surface area contributed by atoms with Gasteiger partial charge in [-0.25, -0.2) is 0 Å². The summed E-state index contributed by atoms with van der Waals surface area (Å²) in [5, 5.41) is 3.69. The molecule has 1 N–H and O–H groups in total. The van der Waals surface area contributed by atoms with Crippen molar-refractivity contribution in [1.82, 2.24) is 5.32 Å². The van der Waals surface area contributed by atoms with Crippen LogP contribution in [0.4, 0.5) is 0 Å². The maximum atomic E-state index is 3.71. The predicted octanol–water partition coefficient (Wildman–Crippen LogP) is 5.46. The summed E-state index contributed by atoms with van der Waals surface area (Å²) >= 11 is 3.71. The zero-order valence-corrected chi connectivity index (χ0v) is 14.9. The van der Waals surface area contributed by atoms with Crippen molar-refractivity contribution in [1.29, 1.82) is 0 Å². The lowest BCUT2D eigenvalue weighted by Crippen LogP contribution is -2.23. The molecule has 1 unspecified atom stereocenters. The molecular formula is C19H24BrN. The van der Waals surface area contributed by atoms with Crippen LogP contribution in [0.15, 0.2) is 40.9 Å². The average molecular weight is 346 g/mol. The Bertz CT molecular complexity index is 619. The molecular weight excluding hydrogens is 322 g/mol. The second kappa shape index (κ2) is 7.24. The fourth-order valence-corrected chi connectivity index (χ4v) is 3.00. The van der Waals surface area contributed by atoms with Gasteiger partial charge in [0.05, 0.1) is 6.04 Å². The SMILES string of the molecule is CCCNC(c1ccc(C)c(C)c1)c1cc(C)ccc1Br. The molecule has 0 bridgehead atoms. The van der Waals surface area contributed by atoms with Gasteiger partial charge in [0.25, 0.3) is 0 Å². The average Bonchev–Trinajstić information content (AvgIpc) is 2.46. The zero-order valence-electron chi connectivity index (χ0n) is 13.3.